The van der Waals surface area contributed by atoms with E-state index in [2.05, 4.69) is 5.16 Å². The van der Waals surface area contributed by atoms with E-state index >= 15 is 0 Å². The smallest absolute Gasteiger partial charge is 0.191 e. The predicted octanol–water partition coefficient (Wildman–Crippen LogP) is 5.96. The fourth-order valence-corrected chi connectivity index (χ4v) is 7.12. The van der Waals surface area contributed by atoms with Gasteiger partial charge in [0.25, 0.3) is 0 Å². The van der Waals surface area contributed by atoms with E-state index in [9.17, 15) is 9.50 Å². The largest absolute Gasteiger partial charge is 0.378 e. The molecule has 4 fully saturated rings. The van der Waals surface area contributed by atoms with E-state index in [4.69, 9.17) is 9.26 Å². The van der Waals surface area contributed by atoms with Gasteiger partial charge in [0.15, 0.2) is 5.76 Å². The van der Waals surface area contributed by atoms with Crippen LogP contribution in [0.3, 0.4) is 0 Å². The molecule has 7 rings (SSSR count). The standard InChI is InChI=1S/C31H38FN2O3/c32-27-13-11-23(12-14-27)22-36-29-21-34(17-15-24(29)16-18-34)20-28-19-30(33-37-28)31(35,25-7-3-1-4-8-25)26-9-5-2-6-10-26/h1,3-4,7-8,11-14,19,24,26,29,35H,2,5-6,9-10,15-18,20-22H2/q+1/t24?,29-,31?,34?/m0/s1. The number of halogens is 1. The summed E-state index contributed by atoms with van der Waals surface area (Å²) in [6.45, 7) is 4.46. The van der Waals surface area contributed by atoms with Crippen LogP contribution in [0, 0.1) is 17.7 Å². The van der Waals surface area contributed by atoms with Gasteiger partial charge in [0.05, 0.1) is 19.7 Å². The summed E-state index contributed by atoms with van der Waals surface area (Å²) < 4.78 is 26.5. The lowest BCUT2D eigenvalue weighted by molar-refractivity contribution is -0.959. The van der Waals surface area contributed by atoms with Gasteiger partial charge in [0, 0.05) is 24.8 Å². The normalized spacial score (nSPS) is 27.7. The average Bonchev–Trinajstić information content (AvgIpc) is 3.42. The third kappa shape index (κ3) is 4.99. The minimum atomic E-state index is -1.13. The Bertz CT molecular complexity index is 1170. The Hall–Kier alpha value is -2.54. The molecule has 3 aromatic rings. The predicted molar refractivity (Wildman–Crippen MR) is 139 cm³/mol. The highest BCUT2D eigenvalue weighted by Gasteiger charge is 2.48. The van der Waals surface area contributed by atoms with Crippen LogP contribution in [0.2, 0.25) is 0 Å². The van der Waals surface area contributed by atoms with Crippen LogP contribution in [-0.4, -0.2) is 40.5 Å². The molecule has 6 heteroatoms. The topological polar surface area (TPSA) is 55.5 Å². The van der Waals surface area contributed by atoms with Gasteiger partial charge in [-0.1, -0.05) is 66.9 Å². The summed E-state index contributed by atoms with van der Waals surface area (Å²) in [5.41, 5.74) is 1.43. The Morgan fingerprint density at radius 2 is 1.70 bits per heavy atom. The second-order valence-corrected chi connectivity index (χ2v) is 11.6. The lowest BCUT2D eigenvalue weighted by Gasteiger charge is -2.51. The zero-order valence-corrected chi connectivity index (χ0v) is 21.5. The highest BCUT2D eigenvalue weighted by Crippen LogP contribution is 2.44. The molecule has 3 saturated heterocycles. The number of hydrogen-bond acceptors (Lipinski definition) is 4. The number of ether oxygens (including phenoxy) is 1. The van der Waals surface area contributed by atoms with Crippen molar-refractivity contribution in [1.82, 2.24) is 5.16 Å². The van der Waals surface area contributed by atoms with Crippen LogP contribution in [0.15, 0.2) is 65.2 Å². The quantitative estimate of drug-likeness (QED) is 0.384. The Balaban J connectivity index is 1.19. The van der Waals surface area contributed by atoms with Crippen LogP contribution in [0.1, 0.15) is 67.5 Å². The van der Waals surface area contributed by atoms with E-state index in [0.29, 0.717) is 18.2 Å². The van der Waals surface area contributed by atoms with Crippen molar-refractivity contribution in [2.24, 2.45) is 11.8 Å². The molecule has 37 heavy (non-hydrogen) atoms. The molecule has 0 amide bonds. The van der Waals surface area contributed by atoms with Crippen molar-refractivity contribution in [3.63, 3.8) is 0 Å². The monoisotopic (exact) mass is 505 g/mol. The fourth-order valence-electron chi connectivity index (χ4n) is 7.12. The van der Waals surface area contributed by atoms with E-state index < -0.39 is 5.60 Å². The third-order valence-electron chi connectivity index (χ3n) is 9.27. The zero-order valence-electron chi connectivity index (χ0n) is 21.5. The van der Waals surface area contributed by atoms with Crippen LogP contribution in [0.5, 0.6) is 0 Å². The number of rotatable bonds is 8. The summed E-state index contributed by atoms with van der Waals surface area (Å²) in [7, 11) is 0. The van der Waals surface area contributed by atoms with Gasteiger partial charge in [0.1, 0.15) is 36.3 Å². The summed E-state index contributed by atoms with van der Waals surface area (Å²) >= 11 is 0. The van der Waals surface area contributed by atoms with Crippen LogP contribution >= 0.6 is 0 Å². The van der Waals surface area contributed by atoms with Crippen LogP contribution < -0.4 is 0 Å². The maximum atomic E-state index is 13.3. The summed E-state index contributed by atoms with van der Waals surface area (Å²) in [4.78, 5) is 0. The van der Waals surface area contributed by atoms with Gasteiger partial charge in [-0.15, -0.1) is 0 Å². The molecule has 2 atom stereocenters. The molecular weight excluding hydrogens is 467 g/mol. The van der Waals surface area contributed by atoms with Crippen LogP contribution in [0.4, 0.5) is 4.39 Å². The Labute approximate surface area is 218 Å². The van der Waals surface area contributed by atoms with Crippen molar-refractivity contribution in [2.75, 3.05) is 19.6 Å². The van der Waals surface area contributed by atoms with Crippen molar-refractivity contribution in [2.45, 2.75) is 69.8 Å². The number of quaternary nitrogens is 1. The Morgan fingerprint density at radius 1 is 0.973 bits per heavy atom. The molecule has 1 aromatic heterocycles. The van der Waals surface area contributed by atoms with Crippen molar-refractivity contribution >= 4 is 0 Å². The van der Waals surface area contributed by atoms with E-state index in [1.165, 1.54) is 18.6 Å². The molecule has 0 spiro atoms. The molecule has 1 unspecified atom stereocenters. The van der Waals surface area contributed by atoms with Gasteiger partial charge in [-0.3, -0.25) is 0 Å². The molecule has 5 nitrogen and oxygen atoms in total. The number of aromatic nitrogens is 1. The third-order valence-corrected chi connectivity index (χ3v) is 9.27. The second-order valence-electron chi connectivity index (χ2n) is 11.6. The van der Waals surface area contributed by atoms with E-state index in [1.807, 2.05) is 36.4 Å². The average molecular weight is 506 g/mol. The van der Waals surface area contributed by atoms with Crippen molar-refractivity contribution in [1.29, 1.82) is 0 Å². The first-order valence-electron chi connectivity index (χ1n) is 14.0. The number of aliphatic hydroxyl groups is 1. The number of nitrogens with zero attached hydrogens (tertiary/aromatic N) is 2. The van der Waals surface area contributed by atoms with Crippen LogP contribution in [0.25, 0.3) is 0 Å². The summed E-state index contributed by atoms with van der Waals surface area (Å²) in [5.74, 6) is 1.35. The fraction of sp³-hybridized carbons (Fsp3) is 0.516. The van der Waals surface area contributed by atoms with Gasteiger partial charge in [-0.2, -0.15) is 0 Å². The van der Waals surface area contributed by atoms with Gasteiger partial charge < -0.3 is 18.8 Å². The Morgan fingerprint density at radius 3 is 2.43 bits per heavy atom. The minimum absolute atomic E-state index is 0.142. The minimum Gasteiger partial charge on any atom is -0.378 e. The first-order valence-corrected chi connectivity index (χ1v) is 14.0. The van der Waals surface area contributed by atoms with Crippen molar-refractivity contribution in [3.8, 4) is 0 Å². The number of piperidine rings is 3. The van der Waals surface area contributed by atoms with Crippen LogP contribution in [-0.2, 0) is 23.5 Å². The maximum absolute atomic E-state index is 13.3. The summed E-state index contributed by atoms with van der Waals surface area (Å²) in [6.07, 6.45) is 8.01. The van der Waals surface area contributed by atoms with Crippen molar-refractivity contribution in [3.05, 3.63) is 89.1 Å². The number of hydrogen-bond donors (Lipinski definition) is 1. The number of benzene rings is 2. The lowest BCUT2D eigenvalue weighted by atomic mass is 9.71. The molecule has 1 saturated carbocycles. The second kappa shape index (κ2) is 10.3. The summed E-state index contributed by atoms with van der Waals surface area (Å²) in [5, 5.41) is 16.7. The zero-order chi connectivity index (χ0) is 25.3. The van der Waals surface area contributed by atoms with Gasteiger partial charge in [0.2, 0.25) is 0 Å². The molecule has 196 valence electrons. The van der Waals surface area contributed by atoms with Gasteiger partial charge >= 0.3 is 0 Å². The molecule has 1 aliphatic carbocycles. The van der Waals surface area contributed by atoms with E-state index in [1.54, 1.807) is 12.1 Å². The molecule has 4 aliphatic rings. The van der Waals surface area contributed by atoms with E-state index in [0.717, 1.165) is 86.1 Å². The molecule has 4 heterocycles. The highest BCUT2D eigenvalue weighted by atomic mass is 19.1. The number of fused-ring (bicyclic) bond motifs is 3. The molecular formula is C31H38FN2O3+. The molecule has 2 aromatic carbocycles. The molecule has 0 radical (unpaired) electrons. The Kier molecular flexibility index (Phi) is 6.91. The SMILES string of the molecule is OC(c1ccccc1)(c1cc(C[N+]23CCC(CC2)[C@@H](OCc2ccc(F)cc2)C3)on1)C1CCCCC1. The molecule has 3 aliphatic heterocycles. The van der Waals surface area contributed by atoms with Gasteiger partial charge in [-0.05, 0) is 42.0 Å². The van der Waals surface area contributed by atoms with Gasteiger partial charge in [-0.25, -0.2) is 4.39 Å². The van der Waals surface area contributed by atoms with Crippen molar-refractivity contribution < 1.29 is 23.2 Å². The summed E-state index contributed by atoms with van der Waals surface area (Å²) in [6, 6.07) is 18.6. The maximum Gasteiger partial charge on any atom is 0.191 e. The molecule has 1 N–H and O–H groups in total. The lowest BCUT2D eigenvalue weighted by Crippen LogP contribution is -2.63. The van der Waals surface area contributed by atoms with E-state index in [-0.39, 0.29) is 17.8 Å². The first-order chi connectivity index (χ1) is 18.0. The molecule has 2 bridgehead atoms. The first kappa shape index (κ1) is 24.8. The highest BCUT2D eigenvalue weighted by molar-refractivity contribution is 5.33.